The SMILES string of the molecule is OCc1ncc(-c2ccc(OC(F)(F)F)cc2)cc1F. The molecule has 0 saturated heterocycles. The van der Waals surface area contributed by atoms with Crippen LogP contribution < -0.4 is 4.74 Å². The third kappa shape index (κ3) is 3.45. The second-order valence-corrected chi connectivity index (χ2v) is 3.88. The fourth-order valence-corrected chi connectivity index (χ4v) is 1.59. The van der Waals surface area contributed by atoms with Gasteiger partial charge in [-0.15, -0.1) is 13.2 Å². The van der Waals surface area contributed by atoms with Crippen LogP contribution in [0.5, 0.6) is 5.75 Å². The van der Waals surface area contributed by atoms with Crippen LogP contribution in [0, 0.1) is 5.82 Å². The summed E-state index contributed by atoms with van der Waals surface area (Å²) in [6.45, 7) is -0.523. The number of benzene rings is 1. The molecule has 0 spiro atoms. The summed E-state index contributed by atoms with van der Waals surface area (Å²) in [6, 6.07) is 6.12. The smallest absolute Gasteiger partial charge is 0.406 e. The standard InChI is InChI=1S/C13H9F4NO2/c14-11-5-9(6-18-12(11)7-19)8-1-3-10(4-2-8)20-13(15,16)17/h1-6,19H,7H2. The van der Waals surface area contributed by atoms with Gasteiger partial charge in [-0.2, -0.15) is 0 Å². The lowest BCUT2D eigenvalue weighted by molar-refractivity contribution is -0.274. The fraction of sp³-hybridized carbons (Fsp3) is 0.154. The molecule has 0 amide bonds. The van der Waals surface area contributed by atoms with E-state index in [0.717, 1.165) is 18.2 Å². The zero-order valence-electron chi connectivity index (χ0n) is 9.99. The van der Waals surface area contributed by atoms with Crippen molar-refractivity contribution >= 4 is 0 Å². The van der Waals surface area contributed by atoms with Crippen molar-refractivity contribution in [2.75, 3.05) is 0 Å². The quantitative estimate of drug-likeness (QED) is 0.881. The van der Waals surface area contributed by atoms with E-state index in [4.69, 9.17) is 5.11 Å². The number of pyridine rings is 1. The van der Waals surface area contributed by atoms with E-state index in [1.165, 1.54) is 18.3 Å². The molecule has 0 radical (unpaired) electrons. The highest BCUT2D eigenvalue weighted by molar-refractivity contribution is 5.63. The lowest BCUT2D eigenvalue weighted by Gasteiger charge is -2.09. The zero-order valence-corrected chi connectivity index (χ0v) is 9.99. The van der Waals surface area contributed by atoms with Gasteiger partial charge in [-0.25, -0.2) is 4.39 Å². The van der Waals surface area contributed by atoms with Crippen molar-refractivity contribution in [3.63, 3.8) is 0 Å². The first-order chi connectivity index (χ1) is 9.39. The van der Waals surface area contributed by atoms with Crippen molar-refractivity contribution in [2.45, 2.75) is 13.0 Å². The summed E-state index contributed by atoms with van der Waals surface area (Å²) in [7, 11) is 0. The van der Waals surface area contributed by atoms with Gasteiger partial charge in [-0.1, -0.05) is 12.1 Å². The highest BCUT2D eigenvalue weighted by Crippen LogP contribution is 2.26. The van der Waals surface area contributed by atoms with Crippen LogP contribution in [-0.4, -0.2) is 16.5 Å². The second kappa shape index (κ2) is 5.46. The second-order valence-electron chi connectivity index (χ2n) is 3.88. The van der Waals surface area contributed by atoms with Gasteiger partial charge in [0.25, 0.3) is 0 Å². The molecule has 7 heteroatoms. The largest absolute Gasteiger partial charge is 0.573 e. The monoisotopic (exact) mass is 287 g/mol. The van der Waals surface area contributed by atoms with E-state index in [2.05, 4.69) is 9.72 Å². The number of ether oxygens (including phenoxy) is 1. The van der Waals surface area contributed by atoms with Crippen molar-refractivity contribution in [1.82, 2.24) is 4.98 Å². The molecule has 3 nitrogen and oxygen atoms in total. The molecule has 2 aromatic rings. The minimum Gasteiger partial charge on any atom is -0.406 e. The minimum atomic E-state index is -4.75. The topological polar surface area (TPSA) is 42.4 Å². The van der Waals surface area contributed by atoms with Crippen LogP contribution in [-0.2, 0) is 6.61 Å². The zero-order chi connectivity index (χ0) is 14.8. The van der Waals surface area contributed by atoms with Crippen LogP contribution in [0.4, 0.5) is 17.6 Å². The normalized spacial score (nSPS) is 11.4. The Hall–Kier alpha value is -2.15. The molecule has 1 aromatic carbocycles. The summed E-state index contributed by atoms with van der Waals surface area (Å²) in [5.74, 6) is -1.04. The molecule has 0 unspecified atom stereocenters. The third-order valence-electron chi connectivity index (χ3n) is 2.49. The molecule has 0 aliphatic carbocycles. The van der Waals surface area contributed by atoms with Gasteiger partial charge in [0.15, 0.2) is 0 Å². The van der Waals surface area contributed by atoms with Crippen molar-refractivity contribution in [3.05, 3.63) is 48.0 Å². The lowest BCUT2D eigenvalue weighted by Crippen LogP contribution is -2.16. The van der Waals surface area contributed by atoms with E-state index in [1.54, 1.807) is 0 Å². The van der Waals surface area contributed by atoms with E-state index in [1.807, 2.05) is 0 Å². The molecule has 0 saturated carbocycles. The lowest BCUT2D eigenvalue weighted by atomic mass is 10.1. The molecule has 1 aromatic heterocycles. The molecular weight excluding hydrogens is 278 g/mol. The van der Waals surface area contributed by atoms with Gasteiger partial charge in [0, 0.05) is 11.8 Å². The van der Waals surface area contributed by atoms with Crippen LogP contribution in [0.3, 0.4) is 0 Å². The summed E-state index contributed by atoms with van der Waals surface area (Å²) >= 11 is 0. The van der Waals surface area contributed by atoms with Crippen LogP contribution in [0.1, 0.15) is 5.69 Å². The first-order valence-corrected chi connectivity index (χ1v) is 5.50. The van der Waals surface area contributed by atoms with Crippen molar-refractivity contribution in [3.8, 4) is 16.9 Å². The Balaban J connectivity index is 2.24. The van der Waals surface area contributed by atoms with E-state index >= 15 is 0 Å². The Morgan fingerprint density at radius 1 is 1.10 bits per heavy atom. The van der Waals surface area contributed by atoms with E-state index in [9.17, 15) is 17.6 Å². The molecular formula is C13H9F4NO2. The summed E-state index contributed by atoms with van der Waals surface area (Å²) in [4.78, 5) is 3.72. The maximum Gasteiger partial charge on any atom is 0.573 e. The first-order valence-electron chi connectivity index (χ1n) is 5.50. The molecule has 0 aliphatic rings. The molecule has 0 bridgehead atoms. The minimum absolute atomic E-state index is 0.0919. The summed E-state index contributed by atoms with van der Waals surface area (Å²) < 4.78 is 53.2. The predicted octanol–water partition coefficient (Wildman–Crippen LogP) is 3.28. The average molecular weight is 287 g/mol. The maximum absolute atomic E-state index is 13.4. The number of rotatable bonds is 3. The Labute approximate surface area is 111 Å². The summed E-state index contributed by atoms with van der Waals surface area (Å²) in [5.41, 5.74) is 0.777. The highest BCUT2D eigenvalue weighted by Gasteiger charge is 2.30. The Bertz CT molecular complexity index is 596. The van der Waals surface area contributed by atoms with Crippen LogP contribution in [0.2, 0.25) is 0 Å². The number of halogens is 4. The van der Waals surface area contributed by atoms with Crippen molar-refractivity contribution in [2.24, 2.45) is 0 Å². The molecule has 106 valence electrons. The van der Waals surface area contributed by atoms with Crippen LogP contribution in [0.15, 0.2) is 36.5 Å². The van der Waals surface area contributed by atoms with Gasteiger partial charge in [-0.3, -0.25) is 4.98 Å². The molecule has 0 fully saturated rings. The van der Waals surface area contributed by atoms with E-state index in [0.29, 0.717) is 11.1 Å². The van der Waals surface area contributed by atoms with Crippen LogP contribution >= 0.6 is 0 Å². The van der Waals surface area contributed by atoms with Gasteiger partial charge in [0.2, 0.25) is 0 Å². The number of alkyl halides is 3. The number of hydrogen-bond donors (Lipinski definition) is 1. The Kier molecular flexibility index (Phi) is 3.89. The van der Waals surface area contributed by atoms with Crippen LogP contribution in [0.25, 0.3) is 11.1 Å². The third-order valence-corrected chi connectivity index (χ3v) is 2.49. The molecule has 0 aliphatic heterocycles. The van der Waals surface area contributed by atoms with Gasteiger partial charge < -0.3 is 9.84 Å². The predicted molar refractivity (Wildman–Crippen MR) is 62.2 cm³/mol. The Morgan fingerprint density at radius 2 is 1.75 bits per heavy atom. The van der Waals surface area contributed by atoms with E-state index in [-0.39, 0.29) is 11.4 Å². The maximum atomic E-state index is 13.4. The van der Waals surface area contributed by atoms with Gasteiger partial charge in [0.05, 0.1) is 6.61 Å². The van der Waals surface area contributed by atoms with Crippen molar-refractivity contribution in [1.29, 1.82) is 0 Å². The number of aromatic nitrogens is 1. The molecule has 1 heterocycles. The van der Waals surface area contributed by atoms with E-state index < -0.39 is 18.8 Å². The molecule has 20 heavy (non-hydrogen) atoms. The number of hydrogen-bond acceptors (Lipinski definition) is 3. The molecule has 2 rings (SSSR count). The summed E-state index contributed by atoms with van der Waals surface area (Å²) in [5, 5.41) is 8.80. The van der Waals surface area contributed by atoms with Gasteiger partial charge in [0.1, 0.15) is 17.3 Å². The Morgan fingerprint density at radius 3 is 2.25 bits per heavy atom. The average Bonchev–Trinajstić information content (AvgIpc) is 2.37. The van der Waals surface area contributed by atoms with Gasteiger partial charge in [-0.05, 0) is 23.8 Å². The number of nitrogens with zero attached hydrogens (tertiary/aromatic N) is 1. The molecule has 0 atom stereocenters. The fourth-order valence-electron chi connectivity index (χ4n) is 1.59. The number of aliphatic hydroxyl groups is 1. The first kappa shape index (κ1) is 14.3. The highest BCUT2D eigenvalue weighted by atomic mass is 19.4. The van der Waals surface area contributed by atoms with Gasteiger partial charge >= 0.3 is 6.36 Å². The molecule has 1 N–H and O–H groups in total. The van der Waals surface area contributed by atoms with Crippen molar-refractivity contribution < 1.29 is 27.4 Å². The number of aliphatic hydroxyl groups excluding tert-OH is 1. The summed E-state index contributed by atoms with van der Waals surface area (Å²) in [6.07, 6.45) is -3.42.